The molecule has 0 saturated carbocycles. The Morgan fingerprint density at radius 3 is 2.56 bits per heavy atom. The number of nitrogens with one attached hydrogen (secondary N) is 2. The smallest absolute Gasteiger partial charge is 0.264 e. The number of nitrogens with zero attached hydrogens (tertiary/aromatic N) is 1. The molecule has 0 fully saturated rings. The lowest BCUT2D eigenvalue weighted by molar-refractivity contribution is 0.601. The SMILES string of the molecule is CNc1ccccc1S(=O)(=O)Nc1cccnc1. The first-order chi connectivity index (χ1) is 8.63. The number of pyridine rings is 1. The Bertz CT molecular complexity index is 627. The molecular weight excluding hydrogens is 250 g/mol. The van der Waals surface area contributed by atoms with Crippen LogP contribution in [0.5, 0.6) is 0 Å². The molecule has 0 aliphatic rings. The summed E-state index contributed by atoms with van der Waals surface area (Å²) in [5.74, 6) is 0. The van der Waals surface area contributed by atoms with Gasteiger partial charge in [0.1, 0.15) is 4.90 Å². The van der Waals surface area contributed by atoms with Gasteiger partial charge in [0.05, 0.1) is 17.6 Å². The Hall–Kier alpha value is -2.08. The fourth-order valence-corrected chi connectivity index (χ4v) is 2.80. The van der Waals surface area contributed by atoms with Crippen molar-refractivity contribution >= 4 is 21.4 Å². The van der Waals surface area contributed by atoms with Crippen LogP contribution in [0.1, 0.15) is 0 Å². The number of para-hydroxylation sites is 1. The molecule has 2 aromatic rings. The molecule has 0 atom stereocenters. The maximum atomic E-state index is 12.2. The maximum absolute atomic E-state index is 12.2. The summed E-state index contributed by atoms with van der Waals surface area (Å²) in [7, 11) is -1.93. The summed E-state index contributed by atoms with van der Waals surface area (Å²) in [5, 5.41) is 2.85. The first-order valence-electron chi connectivity index (χ1n) is 5.33. The van der Waals surface area contributed by atoms with Crippen molar-refractivity contribution in [2.45, 2.75) is 4.90 Å². The third-order valence-electron chi connectivity index (χ3n) is 2.36. The van der Waals surface area contributed by atoms with Crippen molar-refractivity contribution in [3.8, 4) is 0 Å². The second kappa shape index (κ2) is 5.05. The third kappa shape index (κ3) is 2.60. The zero-order valence-electron chi connectivity index (χ0n) is 9.79. The van der Waals surface area contributed by atoms with Crippen molar-refractivity contribution in [2.24, 2.45) is 0 Å². The Morgan fingerprint density at radius 2 is 1.89 bits per heavy atom. The molecule has 2 rings (SSSR count). The predicted molar refractivity (Wildman–Crippen MR) is 71.0 cm³/mol. The molecule has 0 aliphatic carbocycles. The van der Waals surface area contributed by atoms with Gasteiger partial charge in [0.25, 0.3) is 10.0 Å². The van der Waals surface area contributed by atoms with Gasteiger partial charge in [-0.05, 0) is 24.3 Å². The number of aromatic nitrogens is 1. The van der Waals surface area contributed by atoms with Crippen molar-refractivity contribution < 1.29 is 8.42 Å². The van der Waals surface area contributed by atoms with E-state index in [9.17, 15) is 8.42 Å². The zero-order valence-corrected chi connectivity index (χ0v) is 10.6. The summed E-state index contributed by atoms with van der Waals surface area (Å²) >= 11 is 0. The lowest BCUT2D eigenvalue weighted by Crippen LogP contribution is -2.14. The second-order valence-corrected chi connectivity index (χ2v) is 5.24. The molecule has 1 aromatic carbocycles. The van der Waals surface area contributed by atoms with Gasteiger partial charge in [-0.1, -0.05) is 12.1 Å². The van der Waals surface area contributed by atoms with Crippen LogP contribution in [0.3, 0.4) is 0 Å². The van der Waals surface area contributed by atoms with Gasteiger partial charge in [-0.15, -0.1) is 0 Å². The Morgan fingerprint density at radius 1 is 1.11 bits per heavy atom. The molecule has 0 radical (unpaired) electrons. The minimum atomic E-state index is -3.61. The second-order valence-electron chi connectivity index (χ2n) is 3.59. The topological polar surface area (TPSA) is 71.1 Å². The summed E-state index contributed by atoms with van der Waals surface area (Å²) in [6.07, 6.45) is 3.04. The Balaban J connectivity index is 2.37. The van der Waals surface area contributed by atoms with E-state index in [1.165, 1.54) is 6.20 Å². The van der Waals surface area contributed by atoms with E-state index < -0.39 is 10.0 Å². The molecule has 0 spiro atoms. The molecule has 6 heteroatoms. The maximum Gasteiger partial charge on any atom is 0.264 e. The predicted octanol–water partition coefficient (Wildman–Crippen LogP) is 1.92. The van der Waals surface area contributed by atoms with E-state index in [0.717, 1.165) is 0 Å². The van der Waals surface area contributed by atoms with E-state index in [1.807, 2.05) is 0 Å². The molecule has 0 amide bonds. The standard InChI is InChI=1S/C12H13N3O2S/c1-13-11-6-2-3-7-12(11)18(16,17)15-10-5-4-8-14-9-10/h2-9,13,15H,1H3. The van der Waals surface area contributed by atoms with E-state index in [2.05, 4.69) is 15.0 Å². The van der Waals surface area contributed by atoms with Crippen molar-refractivity contribution in [3.05, 3.63) is 48.8 Å². The first kappa shape index (κ1) is 12.4. The van der Waals surface area contributed by atoms with Gasteiger partial charge in [0, 0.05) is 13.2 Å². The molecular formula is C12H13N3O2S. The van der Waals surface area contributed by atoms with Crippen molar-refractivity contribution in [1.82, 2.24) is 4.98 Å². The van der Waals surface area contributed by atoms with E-state index in [1.54, 1.807) is 49.6 Å². The fourth-order valence-electron chi connectivity index (χ4n) is 1.54. The molecule has 2 N–H and O–H groups in total. The first-order valence-corrected chi connectivity index (χ1v) is 6.81. The average molecular weight is 263 g/mol. The molecule has 18 heavy (non-hydrogen) atoms. The molecule has 0 saturated heterocycles. The minimum Gasteiger partial charge on any atom is -0.387 e. The molecule has 1 aromatic heterocycles. The largest absolute Gasteiger partial charge is 0.387 e. The van der Waals surface area contributed by atoms with Gasteiger partial charge in [0.2, 0.25) is 0 Å². The van der Waals surface area contributed by atoms with Crippen LogP contribution in [0.25, 0.3) is 0 Å². The van der Waals surface area contributed by atoms with Gasteiger partial charge in [-0.2, -0.15) is 0 Å². The van der Waals surface area contributed by atoms with E-state index in [4.69, 9.17) is 0 Å². The van der Waals surface area contributed by atoms with Crippen molar-refractivity contribution in [1.29, 1.82) is 0 Å². The van der Waals surface area contributed by atoms with Gasteiger partial charge in [0.15, 0.2) is 0 Å². The van der Waals surface area contributed by atoms with E-state index in [-0.39, 0.29) is 4.90 Å². The fraction of sp³-hybridized carbons (Fsp3) is 0.0833. The lowest BCUT2D eigenvalue weighted by atomic mass is 10.3. The van der Waals surface area contributed by atoms with Crippen LogP contribution in [-0.2, 0) is 10.0 Å². The number of sulfonamides is 1. The Kier molecular flexibility index (Phi) is 3.47. The van der Waals surface area contributed by atoms with Gasteiger partial charge < -0.3 is 5.32 Å². The quantitative estimate of drug-likeness (QED) is 0.884. The summed E-state index contributed by atoms with van der Waals surface area (Å²) in [6.45, 7) is 0. The molecule has 1 heterocycles. The number of rotatable bonds is 4. The van der Waals surface area contributed by atoms with Gasteiger partial charge in [-0.25, -0.2) is 8.42 Å². The number of anilines is 2. The van der Waals surface area contributed by atoms with E-state index >= 15 is 0 Å². The Labute approximate surface area is 106 Å². The van der Waals surface area contributed by atoms with Crippen molar-refractivity contribution in [2.75, 3.05) is 17.1 Å². The summed E-state index contributed by atoms with van der Waals surface area (Å²) in [5.41, 5.74) is 0.984. The molecule has 0 bridgehead atoms. The highest BCUT2D eigenvalue weighted by Gasteiger charge is 2.17. The monoisotopic (exact) mass is 263 g/mol. The minimum absolute atomic E-state index is 0.205. The molecule has 0 aliphatic heterocycles. The molecule has 5 nitrogen and oxygen atoms in total. The number of benzene rings is 1. The van der Waals surface area contributed by atoms with Crippen LogP contribution in [0, 0.1) is 0 Å². The van der Waals surface area contributed by atoms with Crippen LogP contribution in [-0.4, -0.2) is 20.4 Å². The highest BCUT2D eigenvalue weighted by Crippen LogP contribution is 2.22. The lowest BCUT2D eigenvalue weighted by Gasteiger charge is -2.11. The number of hydrogen-bond donors (Lipinski definition) is 2. The highest BCUT2D eigenvalue weighted by molar-refractivity contribution is 7.92. The van der Waals surface area contributed by atoms with Crippen LogP contribution >= 0.6 is 0 Å². The normalized spacial score (nSPS) is 10.9. The van der Waals surface area contributed by atoms with Crippen molar-refractivity contribution in [3.63, 3.8) is 0 Å². The molecule has 94 valence electrons. The van der Waals surface area contributed by atoms with Crippen LogP contribution in [0.15, 0.2) is 53.7 Å². The summed E-state index contributed by atoms with van der Waals surface area (Å²) in [6, 6.07) is 10.0. The highest BCUT2D eigenvalue weighted by atomic mass is 32.2. The summed E-state index contributed by atoms with van der Waals surface area (Å²) in [4.78, 5) is 4.07. The zero-order chi connectivity index (χ0) is 13.0. The van der Waals surface area contributed by atoms with E-state index in [0.29, 0.717) is 11.4 Å². The van der Waals surface area contributed by atoms with Gasteiger partial charge >= 0.3 is 0 Å². The molecule has 0 unspecified atom stereocenters. The summed E-state index contributed by atoms with van der Waals surface area (Å²) < 4.78 is 26.9. The van der Waals surface area contributed by atoms with Crippen LogP contribution in [0.2, 0.25) is 0 Å². The number of hydrogen-bond acceptors (Lipinski definition) is 4. The third-order valence-corrected chi connectivity index (χ3v) is 3.80. The van der Waals surface area contributed by atoms with Gasteiger partial charge in [-0.3, -0.25) is 9.71 Å². The van der Waals surface area contributed by atoms with Crippen LogP contribution in [0.4, 0.5) is 11.4 Å². The average Bonchev–Trinajstić information content (AvgIpc) is 2.39. The van der Waals surface area contributed by atoms with Crippen LogP contribution < -0.4 is 10.0 Å².